The number of hydrogen-bond donors (Lipinski definition) is 0. The van der Waals surface area contributed by atoms with E-state index >= 15 is 0 Å². The lowest BCUT2D eigenvalue weighted by Crippen LogP contribution is -2.48. The van der Waals surface area contributed by atoms with Crippen molar-refractivity contribution in [2.45, 2.75) is 12.8 Å². The van der Waals surface area contributed by atoms with Crippen LogP contribution in [-0.2, 0) is 6.42 Å². The molecule has 2 aliphatic rings. The summed E-state index contributed by atoms with van der Waals surface area (Å²) in [7, 11) is 0. The van der Waals surface area contributed by atoms with Crippen LogP contribution in [0.4, 0.5) is 5.95 Å². The first-order valence-electron chi connectivity index (χ1n) is 8.13. The van der Waals surface area contributed by atoms with E-state index in [9.17, 15) is 4.79 Å². The average molecular weight is 312 g/mol. The van der Waals surface area contributed by atoms with Crippen LogP contribution in [0.2, 0.25) is 0 Å². The Bertz CT molecular complexity index is 677. The summed E-state index contributed by atoms with van der Waals surface area (Å²) < 4.78 is 5.46. The topological polar surface area (TPSA) is 62.5 Å². The van der Waals surface area contributed by atoms with Crippen molar-refractivity contribution in [3.05, 3.63) is 42.1 Å². The van der Waals surface area contributed by atoms with Gasteiger partial charge in [0.1, 0.15) is 5.76 Å². The van der Waals surface area contributed by atoms with E-state index in [0.29, 0.717) is 12.3 Å². The summed E-state index contributed by atoms with van der Waals surface area (Å²) in [4.78, 5) is 25.4. The number of nitrogens with zero attached hydrogens (tertiary/aromatic N) is 4. The number of aromatic nitrogens is 2. The highest BCUT2D eigenvalue weighted by Gasteiger charge is 2.29. The van der Waals surface area contributed by atoms with Gasteiger partial charge in [0.2, 0.25) is 5.95 Å². The molecule has 0 bridgehead atoms. The zero-order chi connectivity index (χ0) is 15.6. The molecule has 3 heterocycles. The highest BCUT2D eigenvalue weighted by molar-refractivity contribution is 5.98. The third-order valence-electron chi connectivity index (χ3n) is 4.72. The monoisotopic (exact) mass is 312 g/mol. The van der Waals surface area contributed by atoms with Gasteiger partial charge in [-0.05, 0) is 18.1 Å². The molecule has 1 saturated heterocycles. The molecule has 0 aromatic carbocycles. The number of rotatable bonds is 3. The van der Waals surface area contributed by atoms with E-state index in [2.05, 4.69) is 19.8 Å². The van der Waals surface area contributed by atoms with Crippen LogP contribution in [-0.4, -0.2) is 53.4 Å². The van der Waals surface area contributed by atoms with E-state index in [1.807, 2.05) is 6.07 Å². The Kier molecular flexibility index (Phi) is 3.83. The van der Waals surface area contributed by atoms with E-state index in [-0.39, 0.29) is 5.78 Å². The van der Waals surface area contributed by atoms with Crippen LogP contribution in [0.3, 0.4) is 0 Å². The standard InChI is InChI=1S/C17H20N4O2/c22-15-10-13(11-16-14(15)2-9-23-16)12-20-5-7-21(8-6-20)17-18-3-1-4-19-17/h1-4,9,13H,5-8,10-12H2. The van der Waals surface area contributed by atoms with E-state index in [1.165, 1.54) is 0 Å². The van der Waals surface area contributed by atoms with Crippen molar-refractivity contribution in [1.82, 2.24) is 14.9 Å². The first-order chi connectivity index (χ1) is 11.3. The third-order valence-corrected chi connectivity index (χ3v) is 4.72. The van der Waals surface area contributed by atoms with Crippen LogP contribution >= 0.6 is 0 Å². The molecule has 0 N–H and O–H groups in total. The number of fused-ring (bicyclic) bond motifs is 1. The summed E-state index contributed by atoms with van der Waals surface area (Å²) in [6, 6.07) is 3.63. The molecule has 0 radical (unpaired) electrons. The van der Waals surface area contributed by atoms with Crippen LogP contribution in [0, 0.1) is 5.92 Å². The second kappa shape index (κ2) is 6.12. The second-order valence-corrected chi connectivity index (χ2v) is 6.29. The molecule has 2 aromatic rings. The Hall–Kier alpha value is -2.21. The van der Waals surface area contributed by atoms with Crippen molar-refractivity contribution in [3.8, 4) is 0 Å². The molecule has 4 rings (SSSR count). The van der Waals surface area contributed by atoms with Gasteiger partial charge in [0.05, 0.1) is 11.8 Å². The minimum atomic E-state index is 0.223. The number of furan rings is 1. The van der Waals surface area contributed by atoms with E-state index < -0.39 is 0 Å². The average Bonchev–Trinajstić information content (AvgIpc) is 3.05. The van der Waals surface area contributed by atoms with Crippen molar-refractivity contribution in [3.63, 3.8) is 0 Å². The Morgan fingerprint density at radius 2 is 1.91 bits per heavy atom. The van der Waals surface area contributed by atoms with Crippen molar-refractivity contribution in [2.24, 2.45) is 5.92 Å². The van der Waals surface area contributed by atoms with Gasteiger partial charge in [-0.2, -0.15) is 0 Å². The predicted octanol–water partition coefficient (Wildman–Crippen LogP) is 1.64. The number of carbonyl (C=O) groups excluding carboxylic acids is 1. The van der Waals surface area contributed by atoms with Crippen molar-refractivity contribution in [1.29, 1.82) is 0 Å². The smallest absolute Gasteiger partial charge is 0.225 e. The summed E-state index contributed by atoms with van der Waals surface area (Å²) in [5.74, 6) is 2.25. The predicted molar refractivity (Wildman–Crippen MR) is 85.5 cm³/mol. The number of carbonyl (C=O) groups is 1. The van der Waals surface area contributed by atoms with Crippen molar-refractivity contribution in [2.75, 3.05) is 37.6 Å². The maximum atomic E-state index is 12.1. The Morgan fingerprint density at radius 1 is 1.13 bits per heavy atom. The SMILES string of the molecule is O=C1CC(CN2CCN(c3ncccn3)CC2)Cc2occc21. The summed E-state index contributed by atoms with van der Waals surface area (Å²) in [6.07, 6.45) is 6.70. The fourth-order valence-electron chi connectivity index (χ4n) is 3.53. The van der Waals surface area contributed by atoms with Crippen molar-refractivity contribution >= 4 is 11.7 Å². The quantitative estimate of drug-likeness (QED) is 0.858. The molecule has 1 unspecified atom stereocenters. The minimum Gasteiger partial charge on any atom is -0.469 e. The van der Waals surface area contributed by atoms with Crippen LogP contribution in [0.5, 0.6) is 0 Å². The van der Waals surface area contributed by atoms with Gasteiger partial charge >= 0.3 is 0 Å². The van der Waals surface area contributed by atoms with Crippen LogP contribution in [0.1, 0.15) is 22.5 Å². The maximum absolute atomic E-state index is 12.1. The molecular weight excluding hydrogens is 292 g/mol. The lowest BCUT2D eigenvalue weighted by Gasteiger charge is -2.36. The third kappa shape index (κ3) is 2.99. The zero-order valence-electron chi connectivity index (χ0n) is 13.0. The van der Waals surface area contributed by atoms with Crippen LogP contribution < -0.4 is 4.90 Å². The van der Waals surface area contributed by atoms with E-state index in [0.717, 1.165) is 56.4 Å². The molecule has 0 amide bonds. The van der Waals surface area contributed by atoms with Gasteiger partial charge in [0.15, 0.2) is 5.78 Å². The van der Waals surface area contributed by atoms with Gasteiger partial charge in [-0.15, -0.1) is 0 Å². The van der Waals surface area contributed by atoms with Gasteiger partial charge in [0.25, 0.3) is 0 Å². The molecule has 1 aliphatic heterocycles. The molecule has 6 heteroatoms. The Labute approximate surface area is 135 Å². The molecule has 23 heavy (non-hydrogen) atoms. The summed E-state index contributed by atoms with van der Waals surface area (Å²) in [5, 5.41) is 0. The number of ketones is 1. The Morgan fingerprint density at radius 3 is 2.70 bits per heavy atom. The highest BCUT2D eigenvalue weighted by Crippen LogP contribution is 2.27. The number of Topliss-reactive ketones (excluding diaryl/α,β-unsaturated/α-hetero) is 1. The number of anilines is 1. The minimum absolute atomic E-state index is 0.223. The molecule has 120 valence electrons. The van der Waals surface area contributed by atoms with Gasteiger partial charge in [-0.1, -0.05) is 0 Å². The normalized spacial score (nSPS) is 22.2. The molecule has 0 spiro atoms. The first-order valence-corrected chi connectivity index (χ1v) is 8.13. The summed E-state index contributed by atoms with van der Waals surface area (Å²) >= 11 is 0. The fourth-order valence-corrected chi connectivity index (χ4v) is 3.53. The zero-order valence-corrected chi connectivity index (χ0v) is 13.0. The van der Waals surface area contributed by atoms with Gasteiger partial charge < -0.3 is 9.32 Å². The van der Waals surface area contributed by atoms with E-state index in [4.69, 9.17) is 4.42 Å². The largest absolute Gasteiger partial charge is 0.469 e. The van der Waals surface area contributed by atoms with Gasteiger partial charge in [-0.25, -0.2) is 9.97 Å². The number of piperazine rings is 1. The molecule has 1 atom stereocenters. The van der Waals surface area contributed by atoms with E-state index in [1.54, 1.807) is 24.7 Å². The molecule has 1 aliphatic carbocycles. The Balaban J connectivity index is 1.33. The molecule has 0 saturated carbocycles. The van der Waals surface area contributed by atoms with Gasteiger partial charge in [-0.3, -0.25) is 9.69 Å². The first kappa shape index (κ1) is 14.4. The lowest BCUT2D eigenvalue weighted by molar-refractivity contribution is 0.0922. The second-order valence-electron chi connectivity index (χ2n) is 6.29. The van der Waals surface area contributed by atoms with Crippen LogP contribution in [0.25, 0.3) is 0 Å². The molecule has 1 fully saturated rings. The molecular formula is C17H20N4O2. The molecule has 2 aromatic heterocycles. The van der Waals surface area contributed by atoms with Crippen LogP contribution in [0.15, 0.2) is 35.2 Å². The van der Waals surface area contributed by atoms with Gasteiger partial charge in [0, 0.05) is 58.0 Å². The lowest BCUT2D eigenvalue weighted by atomic mass is 9.87. The maximum Gasteiger partial charge on any atom is 0.225 e. The van der Waals surface area contributed by atoms with Crippen molar-refractivity contribution < 1.29 is 9.21 Å². The fraction of sp³-hybridized carbons (Fsp3) is 0.471. The number of hydrogen-bond acceptors (Lipinski definition) is 6. The molecule has 6 nitrogen and oxygen atoms in total. The summed E-state index contributed by atoms with van der Waals surface area (Å²) in [6.45, 7) is 4.77. The summed E-state index contributed by atoms with van der Waals surface area (Å²) in [5.41, 5.74) is 0.785. The highest BCUT2D eigenvalue weighted by atomic mass is 16.3.